The van der Waals surface area contributed by atoms with Crippen molar-refractivity contribution in [1.29, 1.82) is 0 Å². The Morgan fingerprint density at radius 2 is 1.81 bits per heavy atom. The van der Waals surface area contributed by atoms with Gasteiger partial charge in [-0.2, -0.15) is 0 Å². The summed E-state index contributed by atoms with van der Waals surface area (Å²) < 4.78 is 5.38. The summed E-state index contributed by atoms with van der Waals surface area (Å²) >= 11 is 5.90. The van der Waals surface area contributed by atoms with Crippen LogP contribution in [0.4, 0.5) is 0 Å². The predicted molar refractivity (Wildman–Crippen MR) is 85.8 cm³/mol. The molecule has 2 N–H and O–H groups in total. The number of methoxy groups -OCH3 is 1. The fourth-order valence-corrected chi connectivity index (χ4v) is 2.49. The number of aliphatic hydroxyl groups is 1. The van der Waals surface area contributed by atoms with E-state index in [-0.39, 0.29) is 18.7 Å². The van der Waals surface area contributed by atoms with Crippen LogP contribution in [0.25, 0.3) is 0 Å². The van der Waals surface area contributed by atoms with Crippen LogP contribution in [0.15, 0.2) is 48.5 Å². The zero-order chi connectivity index (χ0) is 15.2. The Balaban J connectivity index is 2.16. The molecule has 2 aromatic rings. The molecule has 3 nitrogen and oxygen atoms in total. The molecule has 2 atom stereocenters. The van der Waals surface area contributed by atoms with Crippen LogP contribution in [0.3, 0.4) is 0 Å². The van der Waals surface area contributed by atoms with E-state index in [2.05, 4.69) is 12.2 Å². The third-order valence-electron chi connectivity index (χ3n) is 3.51. The minimum absolute atomic E-state index is 0.0150. The predicted octanol–water partition coefficient (Wildman–Crippen LogP) is 3.73. The average molecular weight is 306 g/mol. The number of ether oxygens (including phenoxy) is 1. The molecule has 0 bridgehead atoms. The molecule has 0 saturated heterocycles. The molecule has 0 saturated carbocycles. The second-order valence-corrected chi connectivity index (χ2v) is 5.35. The van der Waals surface area contributed by atoms with E-state index in [0.29, 0.717) is 5.02 Å². The molecule has 0 aliphatic carbocycles. The van der Waals surface area contributed by atoms with Gasteiger partial charge in [-0.25, -0.2) is 0 Å². The number of benzene rings is 2. The number of aliphatic hydroxyl groups excluding tert-OH is 1. The molecule has 112 valence electrons. The van der Waals surface area contributed by atoms with Gasteiger partial charge in [-0.3, -0.25) is 0 Å². The Morgan fingerprint density at radius 3 is 2.43 bits per heavy atom. The summed E-state index contributed by atoms with van der Waals surface area (Å²) in [5.74, 6) is 0.838. The lowest BCUT2D eigenvalue weighted by atomic mass is 10.0. The molecule has 2 rings (SSSR count). The normalized spacial score (nSPS) is 13.7. The number of hydrogen-bond donors (Lipinski definition) is 2. The second kappa shape index (κ2) is 7.46. The first kappa shape index (κ1) is 15.8. The van der Waals surface area contributed by atoms with Crippen molar-refractivity contribution in [2.45, 2.75) is 19.0 Å². The molecule has 0 radical (unpaired) electrons. The van der Waals surface area contributed by atoms with Gasteiger partial charge in [-0.05, 0) is 30.7 Å². The van der Waals surface area contributed by atoms with Crippen molar-refractivity contribution < 1.29 is 9.84 Å². The maximum atomic E-state index is 9.64. The highest BCUT2D eigenvalue weighted by Gasteiger charge is 2.17. The van der Waals surface area contributed by atoms with E-state index < -0.39 is 0 Å². The van der Waals surface area contributed by atoms with Crippen molar-refractivity contribution in [3.63, 3.8) is 0 Å². The third-order valence-corrected chi connectivity index (χ3v) is 3.76. The van der Waals surface area contributed by atoms with E-state index >= 15 is 0 Å². The quantitative estimate of drug-likeness (QED) is 0.854. The minimum Gasteiger partial charge on any atom is -0.496 e. The second-order valence-electron chi connectivity index (χ2n) is 4.92. The highest BCUT2D eigenvalue weighted by Crippen LogP contribution is 2.27. The van der Waals surface area contributed by atoms with Gasteiger partial charge in [0.25, 0.3) is 0 Å². The first-order chi connectivity index (χ1) is 10.2. The number of para-hydroxylation sites is 1. The largest absolute Gasteiger partial charge is 0.496 e. The van der Waals surface area contributed by atoms with Gasteiger partial charge >= 0.3 is 0 Å². The lowest BCUT2D eigenvalue weighted by Gasteiger charge is -2.23. The van der Waals surface area contributed by atoms with Gasteiger partial charge in [0.05, 0.1) is 19.8 Å². The van der Waals surface area contributed by atoms with Crippen molar-refractivity contribution in [3.05, 3.63) is 64.7 Å². The van der Waals surface area contributed by atoms with Gasteiger partial charge in [-0.15, -0.1) is 0 Å². The van der Waals surface area contributed by atoms with E-state index in [9.17, 15) is 5.11 Å². The van der Waals surface area contributed by atoms with Gasteiger partial charge < -0.3 is 15.2 Å². The van der Waals surface area contributed by atoms with Gasteiger partial charge in [-0.1, -0.05) is 41.9 Å². The Morgan fingerprint density at radius 1 is 1.14 bits per heavy atom. The third kappa shape index (κ3) is 3.97. The summed E-state index contributed by atoms with van der Waals surface area (Å²) in [6, 6.07) is 15.3. The molecule has 2 aromatic carbocycles. The van der Waals surface area contributed by atoms with Gasteiger partial charge in [0.2, 0.25) is 0 Å². The summed E-state index contributed by atoms with van der Waals surface area (Å²) in [5.41, 5.74) is 2.07. The lowest BCUT2D eigenvalue weighted by molar-refractivity contribution is 0.234. The van der Waals surface area contributed by atoms with Gasteiger partial charge in [0, 0.05) is 16.6 Å². The molecular weight excluding hydrogens is 286 g/mol. The molecular formula is C17H20ClNO2. The SMILES string of the molecule is COc1ccccc1C(C)NC(CO)c1ccc(Cl)cc1. The fraction of sp³-hybridized carbons (Fsp3) is 0.294. The van der Waals surface area contributed by atoms with Crippen molar-refractivity contribution in [1.82, 2.24) is 5.32 Å². The van der Waals surface area contributed by atoms with E-state index in [4.69, 9.17) is 16.3 Å². The zero-order valence-electron chi connectivity index (χ0n) is 12.2. The highest BCUT2D eigenvalue weighted by atomic mass is 35.5. The van der Waals surface area contributed by atoms with Gasteiger partial charge in [0.1, 0.15) is 5.75 Å². The number of nitrogens with one attached hydrogen (secondary N) is 1. The zero-order valence-corrected chi connectivity index (χ0v) is 13.0. The number of halogens is 1. The summed E-state index contributed by atoms with van der Waals surface area (Å²) in [4.78, 5) is 0. The molecule has 0 amide bonds. The summed E-state index contributed by atoms with van der Waals surface area (Å²) in [7, 11) is 1.66. The summed E-state index contributed by atoms with van der Waals surface area (Å²) in [5, 5.41) is 13.8. The van der Waals surface area contributed by atoms with Crippen LogP contribution >= 0.6 is 11.6 Å². The Labute approximate surface area is 130 Å². The van der Waals surface area contributed by atoms with E-state index in [1.165, 1.54) is 0 Å². The molecule has 0 aromatic heterocycles. The van der Waals surface area contributed by atoms with E-state index in [1.54, 1.807) is 7.11 Å². The monoisotopic (exact) mass is 305 g/mol. The van der Waals surface area contributed by atoms with E-state index in [0.717, 1.165) is 16.9 Å². The van der Waals surface area contributed by atoms with Crippen LogP contribution in [-0.4, -0.2) is 18.8 Å². The van der Waals surface area contributed by atoms with Crippen LogP contribution < -0.4 is 10.1 Å². The molecule has 0 aliphatic rings. The molecule has 0 aliphatic heterocycles. The molecule has 4 heteroatoms. The first-order valence-corrected chi connectivity index (χ1v) is 7.28. The molecule has 2 unspecified atom stereocenters. The van der Waals surface area contributed by atoms with Crippen molar-refractivity contribution in [3.8, 4) is 5.75 Å². The Hall–Kier alpha value is -1.55. The molecule has 0 fully saturated rings. The topological polar surface area (TPSA) is 41.5 Å². The highest BCUT2D eigenvalue weighted by molar-refractivity contribution is 6.30. The van der Waals surface area contributed by atoms with Crippen molar-refractivity contribution >= 4 is 11.6 Å². The van der Waals surface area contributed by atoms with Crippen LogP contribution in [0, 0.1) is 0 Å². The Bertz CT molecular complexity index is 571. The van der Waals surface area contributed by atoms with E-state index in [1.807, 2.05) is 48.5 Å². The Kier molecular flexibility index (Phi) is 5.62. The van der Waals surface area contributed by atoms with Crippen molar-refractivity contribution in [2.24, 2.45) is 0 Å². The number of hydrogen-bond acceptors (Lipinski definition) is 3. The maximum Gasteiger partial charge on any atom is 0.123 e. The van der Waals surface area contributed by atoms with Crippen LogP contribution in [0.5, 0.6) is 5.75 Å². The summed E-state index contributed by atoms with van der Waals surface area (Å²) in [6.07, 6.45) is 0. The van der Waals surface area contributed by atoms with Crippen LogP contribution in [0.2, 0.25) is 5.02 Å². The minimum atomic E-state index is -0.151. The summed E-state index contributed by atoms with van der Waals surface area (Å²) in [6.45, 7) is 2.07. The molecule has 21 heavy (non-hydrogen) atoms. The van der Waals surface area contributed by atoms with Crippen LogP contribution in [0.1, 0.15) is 30.1 Å². The molecule has 0 heterocycles. The lowest BCUT2D eigenvalue weighted by Crippen LogP contribution is -2.27. The molecule has 0 spiro atoms. The smallest absolute Gasteiger partial charge is 0.123 e. The standard InChI is InChI=1S/C17H20ClNO2/c1-12(15-5-3-4-6-17(15)21-2)19-16(11-20)13-7-9-14(18)10-8-13/h3-10,12,16,19-20H,11H2,1-2H3. The number of rotatable bonds is 6. The first-order valence-electron chi connectivity index (χ1n) is 6.91. The average Bonchev–Trinajstić information content (AvgIpc) is 2.53. The van der Waals surface area contributed by atoms with Crippen molar-refractivity contribution in [2.75, 3.05) is 13.7 Å². The maximum absolute atomic E-state index is 9.64. The fourth-order valence-electron chi connectivity index (χ4n) is 2.37. The van der Waals surface area contributed by atoms with Crippen LogP contribution in [-0.2, 0) is 0 Å². The van der Waals surface area contributed by atoms with Gasteiger partial charge in [0.15, 0.2) is 0 Å².